The van der Waals surface area contributed by atoms with Crippen molar-refractivity contribution in [2.75, 3.05) is 5.32 Å². The second-order valence-electron chi connectivity index (χ2n) is 3.62. The summed E-state index contributed by atoms with van der Waals surface area (Å²) < 4.78 is 4.55. The fourth-order valence-corrected chi connectivity index (χ4v) is 2.26. The van der Waals surface area contributed by atoms with Crippen LogP contribution in [0.5, 0.6) is 0 Å². The molecule has 7 heteroatoms. The molecule has 0 saturated heterocycles. The highest BCUT2D eigenvalue weighted by molar-refractivity contribution is 9.10. The number of carbonyl (C=O) groups is 1. The first-order valence-corrected chi connectivity index (χ1v) is 7.01. The van der Waals surface area contributed by atoms with E-state index in [1.165, 1.54) is 0 Å². The number of nitrogens with zero attached hydrogens (tertiary/aromatic N) is 3. The van der Waals surface area contributed by atoms with E-state index < -0.39 is 0 Å². The fraction of sp³-hybridized carbons (Fsp3) is 0.273. The first-order valence-electron chi connectivity index (χ1n) is 5.45. The summed E-state index contributed by atoms with van der Waals surface area (Å²) in [6, 6.07) is 3.55. The topological polar surface area (TPSA) is 67.8 Å². The summed E-state index contributed by atoms with van der Waals surface area (Å²) >= 11 is 4.36. The molecular weight excluding hydrogens is 316 g/mol. The van der Waals surface area contributed by atoms with Gasteiger partial charge in [0.15, 0.2) is 0 Å². The summed E-state index contributed by atoms with van der Waals surface area (Å²) in [5.74, 6) is -0.183. The number of aromatic nitrogens is 3. The number of pyridine rings is 1. The molecule has 5 nitrogen and oxygen atoms in total. The van der Waals surface area contributed by atoms with E-state index in [0.29, 0.717) is 10.6 Å². The Morgan fingerprint density at radius 1 is 1.50 bits per heavy atom. The number of nitrogens with one attached hydrogen (secondary N) is 1. The van der Waals surface area contributed by atoms with Crippen LogP contribution in [0.2, 0.25) is 0 Å². The van der Waals surface area contributed by atoms with Crippen molar-refractivity contribution in [3.8, 4) is 0 Å². The number of hydrogen-bond donors (Lipinski definition) is 1. The zero-order valence-corrected chi connectivity index (χ0v) is 12.1. The molecule has 0 spiro atoms. The van der Waals surface area contributed by atoms with Crippen LogP contribution in [0.3, 0.4) is 0 Å². The Kier molecular flexibility index (Phi) is 4.38. The molecule has 0 aliphatic rings. The fourth-order valence-electron chi connectivity index (χ4n) is 1.42. The minimum Gasteiger partial charge on any atom is -0.320 e. The Bertz CT molecular complexity index is 540. The highest BCUT2D eigenvalue weighted by Crippen LogP contribution is 2.16. The molecule has 0 radical (unpaired) electrons. The Morgan fingerprint density at radius 3 is 3.00 bits per heavy atom. The lowest BCUT2D eigenvalue weighted by atomic mass is 10.2. The highest BCUT2D eigenvalue weighted by Gasteiger charge is 2.15. The van der Waals surface area contributed by atoms with Gasteiger partial charge in [-0.05, 0) is 46.0 Å². The summed E-state index contributed by atoms with van der Waals surface area (Å²) in [5.41, 5.74) is 1.41. The highest BCUT2D eigenvalue weighted by atomic mass is 79.9. The van der Waals surface area contributed by atoms with Gasteiger partial charge in [-0.3, -0.25) is 4.79 Å². The van der Waals surface area contributed by atoms with E-state index in [2.05, 4.69) is 35.8 Å². The maximum Gasteiger partial charge on any atom is 0.269 e. The van der Waals surface area contributed by atoms with Gasteiger partial charge in [0, 0.05) is 0 Å². The van der Waals surface area contributed by atoms with Crippen LogP contribution in [0.15, 0.2) is 22.9 Å². The summed E-state index contributed by atoms with van der Waals surface area (Å²) in [4.78, 5) is 16.7. The van der Waals surface area contributed by atoms with E-state index in [9.17, 15) is 4.79 Å². The normalized spacial score (nSPS) is 10.3. The number of halogens is 1. The van der Waals surface area contributed by atoms with Crippen LogP contribution in [-0.4, -0.2) is 20.5 Å². The second kappa shape index (κ2) is 6.01. The van der Waals surface area contributed by atoms with Gasteiger partial charge < -0.3 is 5.32 Å². The van der Waals surface area contributed by atoms with E-state index >= 15 is 0 Å². The number of hydrogen-bond acceptors (Lipinski definition) is 5. The number of anilines is 1. The van der Waals surface area contributed by atoms with Gasteiger partial charge in [-0.15, -0.1) is 5.10 Å². The molecule has 0 bridgehead atoms. The summed E-state index contributed by atoms with van der Waals surface area (Å²) in [6.45, 7) is 2.04. The second-order valence-corrected chi connectivity index (χ2v) is 5.19. The molecule has 2 aromatic heterocycles. The van der Waals surface area contributed by atoms with Gasteiger partial charge in [0.1, 0.15) is 9.48 Å². The maximum absolute atomic E-state index is 12.0. The lowest BCUT2D eigenvalue weighted by Gasteiger charge is -2.03. The monoisotopic (exact) mass is 326 g/mol. The van der Waals surface area contributed by atoms with Gasteiger partial charge in [-0.25, -0.2) is 4.98 Å². The average molecular weight is 327 g/mol. The minimum absolute atomic E-state index is 0.183. The molecule has 2 aromatic rings. The molecule has 0 aliphatic heterocycles. The molecule has 18 heavy (non-hydrogen) atoms. The van der Waals surface area contributed by atoms with Crippen molar-refractivity contribution in [2.24, 2.45) is 0 Å². The van der Waals surface area contributed by atoms with Crippen LogP contribution in [0, 0.1) is 0 Å². The summed E-state index contributed by atoms with van der Waals surface area (Å²) in [5, 5.41) is 6.75. The molecule has 0 aromatic carbocycles. The Morgan fingerprint density at radius 2 is 2.33 bits per heavy atom. The van der Waals surface area contributed by atoms with E-state index in [4.69, 9.17) is 0 Å². The molecule has 0 unspecified atom stereocenters. The zero-order valence-electron chi connectivity index (χ0n) is 9.68. The van der Waals surface area contributed by atoms with Crippen LogP contribution < -0.4 is 5.32 Å². The van der Waals surface area contributed by atoms with E-state index in [1.807, 2.05) is 6.92 Å². The van der Waals surface area contributed by atoms with Crippen molar-refractivity contribution < 1.29 is 4.79 Å². The molecular formula is C11H11BrN4OS. The van der Waals surface area contributed by atoms with E-state index in [-0.39, 0.29) is 5.91 Å². The molecule has 1 N–H and O–H groups in total. The molecule has 94 valence electrons. The molecule has 2 heterocycles. The van der Waals surface area contributed by atoms with Gasteiger partial charge in [-0.2, -0.15) is 0 Å². The molecule has 0 aliphatic carbocycles. The minimum atomic E-state index is -0.183. The predicted molar refractivity (Wildman–Crippen MR) is 73.8 cm³/mol. The molecule has 0 atom stereocenters. The first kappa shape index (κ1) is 13.1. The van der Waals surface area contributed by atoms with Crippen molar-refractivity contribution in [3.05, 3.63) is 33.5 Å². The maximum atomic E-state index is 12.0. The number of aryl methyl sites for hydroxylation is 1. The molecule has 0 fully saturated rings. The van der Waals surface area contributed by atoms with Crippen molar-refractivity contribution in [2.45, 2.75) is 19.8 Å². The SMILES string of the molecule is CCCc1nnsc1C(=O)Nc1ccc(Br)nc1. The standard InChI is InChI=1S/C11H11BrN4OS/c1-2-3-8-10(18-16-15-8)11(17)14-7-4-5-9(12)13-6-7/h4-6H,2-3H2,1H3,(H,14,17). The lowest BCUT2D eigenvalue weighted by Crippen LogP contribution is -2.12. The summed E-state index contributed by atoms with van der Waals surface area (Å²) in [6.07, 6.45) is 3.29. The molecule has 0 saturated carbocycles. The number of carbonyl (C=O) groups excluding carboxylic acids is 1. The predicted octanol–water partition coefficient (Wildman–Crippen LogP) is 2.90. The first-order chi connectivity index (χ1) is 8.70. The lowest BCUT2D eigenvalue weighted by molar-refractivity contribution is 0.102. The third-order valence-corrected chi connectivity index (χ3v) is 3.47. The van der Waals surface area contributed by atoms with Crippen LogP contribution in [0.4, 0.5) is 5.69 Å². The van der Waals surface area contributed by atoms with E-state index in [1.54, 1.807) is 18.3 Å². The van der Waals surface area contributed by atoms with Crippen LogP contribution in [0.1, 0.15) is 28.7 Å². The third kappa shape index (κ3) is 3.11. The molecule has 1 amide bonds. The Hall–Kier alpha value is -1.34. The van der Waals surface area contributed by atoms with Crippen LogP contribution >= 0.6 is 27.5 Å². The smallest absolute Gasteiger partial charge is 0.269 e. The molecule has 2 rings (SSSR count). The van der Waals surface area contributed by atoms with Crippen molar-refractivity contribution in [1.82, 2.24) is 14.6 Å². The van der Waals surface area contributed by atoms with Crippen molar-refractivity contribution >= 4 is 39.1 Å². The van der Waals surface area contributed by atoms with Gasteiger partial charge in [0.25, 0.3) is 5.91 Å². The van der Waals surface area contributed by atoms with Crippen molar-refractivity contribution in [3.63, 3.8) is 0 Å². The quantitative estimate of drug-likeness (QED) is 0.877. The number of rotatable bonds is 4. The van der Waals surface area contributed by atoms with Crippen LogP contribution in [-0.2, 0) is 6.42 Å². The third-order valence-electron chi connectivity index (χ3n) is 2.23. The van der Waals surface area contributed by atoms with Gasteiger partial charge in [-0.1, -0.05) is 17.8 Å². The van der Waals surface area contributed by atoms with Gasteiger partial charge >= 0.3 is 0 Å². The zero-order chi connectivity index (χ0) is 13.0. The van der Waals surface area contributed by atoms with E-state index in [0.717, 1.165) is 34.7 Å². The van der Waals surface area contributed by atoms with Gasteiger partial charge in [0.2, 0.25) is 0 Å². The van der Waals surface area contributed by atoms with Crippen LogP contribution in [0.25, 0.3) is 0 Å². The largest absolute Gasteiger partial charge is 0.320 e. The Labute approximate surface area is 117 Å². The average Bonchev–Trinajstić information content (AvgIpc) is 2.81. The van der Waals surface area contributed by atoms with Gasteiger partial charge in [0.05, 0.1) is 17.6 Å². The number of amides is 1. The Balaban J connectivity index is 2.11. The van der Waals surface area contributed by atoms with Crippen molar-refractivity contribution in [1.29, 1.82) is 0 Å². The summed E-state index contributed by atoms with van der Waals surface area (Å²) in [7, 11) is 0.